The summed E-state index contributed by atoms with van der Waals surface area (Å²) in [6.45, 7) is 4.35. The minimum Gasteiger partial charge on any atom is -0.493 e. The molecule has 4 N–H and O–H groups in total. The van der Waals surface area contributed by atoms with Crippen molar-refractivity contribution in [3.8, 4) is 11.5 Å². The van der Waals surface area contributed by atoms with Crippen LogP contribution in [-0.4, -0.2) is 38.6 Å². The van der Waals surface area contributed by atoms with Gasteiger partial charge in [-0.15, -0.1) is 0 Å². The number of unbranched alkanes of at least 4 members (excludes halogenated alkanes) is 1. The lowest BCUT2D eigenvalue weighted by Crippen LogP contribution is -2.40. The highest BCUT2D eigenvalue weighted by molar-refractivity contribution is 5.85. The Bertz CT molecular complexity index is 549. The number of ether oxygens (including phenoxy) is 2. The predicted octanol–water partition coefficient (Wildman–Crippen LogP) is 1.13. The molecule has 1 atom stereocenters. The second-order valence-corrected chi connectivity index (χ2v) is 5.38. The van der Waals surface area contributed by atoms with Crippen LogP contribution >= 0.6 is 0 Å². The zero-order valence-electron chi connectivity index (χ0n) is 14.6. The largest absolute Gasteiger partial charge is 0.493 e. The zero-order valence-corrected chi connectivity index (χ0v) is 14.6. The van der Waals surface area contributed by atoms with E-state index in [-0.39, 0.29) is 30.9 Å². The molecule has 7 heteroatoms. The van der Waals surface area contributed by atoms with Gasteiger partial charge < -0.3 is 25.8 Å². The summed E-state index contributed by atoms with van der Waals surface area (Å²) in [6.07, 6.45) is 2.04. The number of rotatable bonds is 10. The maximum Gasteiger partial charge on any atom is 0.239 e. The quantitative estimate of drug-likeness (QED) is 0.555. The maximum atomic E-state index is 11.8. The molecule has 2 amide bonds. The summed E-state index contributed by atoms with van der Waals surface area (Å²) < 4.78 is 11.0. The number of carbonyl (C=O) groups excluding carboxylic acids is 2. The molecule has 0 aliphatic heterocycles. The van der Waals surface area contributed by atoms with Gasteiger partial charge in [-0.25, -0.2) is 0 Å². The van der Waals surface area contributed by atoms with Crippen LogP contribution in [0.2, 0.25) is 0 Å². The van der Waals surface area contributed by atoms with E-state index in [1.54, 1.807) is 7.11 Å². The first-order valence-corrected chi connectivity index (χ1v) is 8.08. The number of hydrogen-bond acceptors (Lipinski definition) is 5. The third-order valence-corrected chi connectivity index (χ3v) is 3.45. The molecular weight excluding hydrogens is 310 g/mol. The molecule has 24 heavy (non-hydrogen) atoms. The van der Waals surface area contributed by atoms with Crippen LogP contribution in [-0.2, 0) is 9.59 Å². The first-order chi connectivity index (χ1) is 11.5. The van der Waals surface area contributed by atoms with Gasteiger partial charge in [0, 0.05) is 0 Å². The van der Waals surface area contributed by atoms with Gasteiger partial charge in [0.05, 0.1) is 32.8 Å². The fourth-order valence-electron chi connectivity index (χ4n) is 2.03. The van der Waals surface area contributed by atoms with Crippen LogP contribution in [0.1, 0.15) is 38.3 Å². The summed E-state index contributed by atoms with van der Waals surface area (Å²) in [4.78, 5) is 22.9. The van der Waals surface area contributed by atoms with E-state index in [0.29, 0.717) is 18.1 Å². The highest BCUT2D eigenvalue weighted by atomic mass is 16.5. The van der Waals surface area contributed by atoms with E-state index < -0.39 is 0 Å². The van der Waals surface area contributed by atoms with E-state index in [4.69, 9.17) is 15.2 Å². The van der Waals surface area contributed by atoms with Crippen molar-refractivity contribution in [2.75, 3.05) is 26.8 Å². The molecule has 0 radical (unpaired) electrons. The van der Waals surface area contributed by atoms with Crippen molar-refractivity contribution in [2.24, 2.45) is 5.73 Å². The molecule has 0 heterocycles. The van der Waals surface area contributed by atoms with Crippen molar-refractivity contribution in [3.05, 3.63) is 23.8 Å². The van der Waals surface area contributed by atoms with Crippen molar-refractivity contribution >= 4 is 11.8 Å². The SMILES string of the molecule is CCCCOc1ccc(C(C)NC(=O)CNC(=O)CN)cc1OC. The lowest BCUT2D eigenvalue weighted by Gasteiger charge is -2.17. The van der Waals surface area contributed by atoms with E-state index in [9.17, 15) is 9.59 Å². The summed E-state index contributed by atoms with van der Waals surface area (Å²) in [6, 6.07) is 5.33. The fourth-order valence-corrected chi connectivity index (χ4v) is 2.03. The third-order valence-electron chi connectivity index (χ3n) is 3.45. The first kappa shape index (κ1) is 19.8. The van der Waals surface area contributed by atoms with Crippen LogP contribution < -0.4 is 25.8 Å². The first-order valence-electron chi connectivity index (χ1n) is 8.08. The Morgan fingerprint density at radius 2 is 2.00 bits per heavy atom. The molecule has 0 saturated heterocycles. The minimum atomic E-state index is -0.368. The number of amides is 2. The lowest BCUT2D eigenvalue weighted by molar-refractivity contribution is -0.125. The van der Waals surface area contributed by atoms with Gasteiger partial charge in [-0.05, 0) is 31.0 Å². The van der Waals surface area contributed by atoms with Crippen LogP contribution in [0.5, 0.6) is 11.5 Å². The van der Waals surface area contributed by atoms with Crippen molar-refractivity contribution in [3.63, 3.8) is 0 Å². The van der Waals surface area contributed by atoms with Gasteiger partial charge in [0.15, 0.2) is 11.5 Å². The van der Waals surface area contributed by atoms with Gasteiger partial charge in [0.25, 0.3) is 0 Å². The Morgan fingerprint density at radius 1 is 1.25 bits per heavy atom. The summed E-state index contributed by atoms with van der Waals surface area (Å²) in [5.74, 6) is 0.657. The number of methoxy groups -OCH3 is 1. The molecule has 7 nitrogen and oxygen atoms in total. The number of nitrogens with two attached hydrogens (primary N) is 1. The molecule has 134 valence electrons. The number of hydrogen-bond donors (Lipinski definition) is 3. The van der Waals surface area contributed by atoms with E-state index in [1.165, 1.54) is 0 Å². The lowest BCUT2D eigenvalue weighted by atomic mass is 10.1. The van der Waals surface area contributed by atoms with Crippen molar-refractivity contribution in [1.82, 2.24) is 10.6 Å². The van der Waals surface area contributed by atoms with Gasteiger partial charge in [0.1, 0.15) is 0 Å². The Labute approximate surface area is 142 Å². The van der Waals surface area contributed by atoms with Crippen LogP contribution in [0, 0.1) is 0 Å². The average molecular weight is 337 g/mol. The summed E-state index contributed by atoms with van der Waals surface area (Å²) in [7, 11) is 1.58. The Kier molecular flexibility index (Phi) is 8.64. The molecule has 0 aliphatic rings. The smallest absolute Gasteiger partial charge is 0.239 e. The second kappa shape index (κ2) is 10.5. The van der Waals surface area contributed by atoms with Crippen molar-refractivity contribution in [1.29, 1.82) is 0 Å². The topological polar surface area (TPSA) is 103 Å². The molecule has 1 unspecified atom stereocenters. The molecule has 0 aromatic heterocycles. The summed E-state index contributed by atoms with van der Waals surface area (Å²) in [5, 5.41) is 5.24. The van der Waals surface area contributed by atoms with Gasteiger partial charge in [-0.3, -0.25) is 9.59 Å². The Hall–Kier alpha value is -2.28. The van der Waals surface area contributed by atoms with Crippen LogP contribution in [0.3, 0.4) is 0 Å². The van der Waals surface area contributed by atoms with E-state index in [1.807, 2.05) is 25.1 Å². The van der Waals surface area contributed by atoms with E-state index >= 15 is 0 Å². The molecule has 0 aliphatic carbocycles. The standard InChI is InChI=1S/C17H27N3O4/c1-4-5-8-24-14-7-6-13(9-15(14)23-3)12(2)20-17(22)11-19-16(21)10-18/h6-7,9,12H,4-5,8,10-11,18H2,1-3H3,(H,19,21)(H,20,22). The molecule has 0 fully saturated rings. The fraction of sp³-hybridized carbons (Fsp3) is 0.529. The van der Waals surface area contributed by atoms with Crippen LogP contribution in [0.25, 0.3) is 0 Å². The van der Waals surface area contributed by atoms with Crippen molar-refractivity contribution in [2.45, 2.75) is 32.7 Å². The number of nitrogens with one attached hydrogen (secondary N) is 2. The maximum absolute atomic E-state index is 11.8. The molecule has 0 bridgehead atoms. The second-order valence-electron chi connectivity index (χ2n) is 5.38. The Morgan fingerprint density at radius 3 is 2.62 bits per heavy atom. The predicted molar refractivity (Wildman–Crippen MR) is 92.0 cm³/mol. The van der Waals surface area contributed by atoms with E-state index in [2.05, 4.69) is 17.6 Å². The zero-order chi connectivity index (χ0) is 17.9. The van der Waals surface area contributed by atoms with Crippen LogP contribution in [0.15, 0.2) is 18.2 Å². The van der Waals surface area contributed by atoms with Gasteiger partial charge in [-0.1, -0.05) is 19.4 Å². The highest BCUT2D eigenvalue weighted by Gasteiger charge is 2.13. The Balaban J connectivity index is 2.64. The van der Waals surface area contributed by atoms with Crippen molar-refractivity contribution < 1.29 is 19.1 Å². The normalized spacial score (nSPS) is 11.5. The highest BCUT2D eigenvalue weighted by Crippen LogP contribution is 2.30. The molecule has 0 saturated carbocycles. The van der Waals surface area contributed by atoms with Gasteiger partial charge in [-0.2, -0.15) is 0 Å². The molecule has 0 spiro atoms. The number of carbonyl (C=O) groups is 2. The minimum absolute atomic E-state index is 0.101. The summed E-state index contributed by atoms with van der Waals surface area (Å²) >= 11 is 0. The molecule has 1 rings (SSSR count). The van der Waals surface area contributed by atoms with Gasteiger partial charge >= 0.3 is 0 Å². The summed E-state index contributed by atoms with van der Waals surface area (Å²) in [5.41, 5.74) is 6.05. The molecule has 1 aromatic carbocycles. The monoisotopic (exact) mass is 337 g/mol. The average Bonchev–Trinajstić information content (AvgIpc) is 2.59. The third kappa shape index (κ3) is 6.45. The molecule has 1 aromatic rings. The van der Waals surface area contributed by atoms with E-state index in [0.717, 1.165) is 18.4 Å². The molecular formula is C17H27N3O4. The number of benzene rings is 1. The van der Waals surface area contributed by atoms with Gasteiger partial charge in [0.2, 0.25) is 11.8 Å². The van der Waals surface area contributed by atoms with Crippen LogP contribution in [0.4, 0.5) is 0 Å².